The molecule has 5 heteroatoms. The van der Waals surface area contributed by atoms with Gasteiger partial charge in [-0.05, 0) is 25.0 Å². The van der Waals surface area contributed by atoms with Crippen molar-refractivity contribution in [2.24, 2.45) is 0 Å². The van der Waals surface area contributed by atoms with Gasteiger partial charge in [-0.2, -0.15) is 0 Å². The molecule has 0 bridgehead atoms. The quantitative estimate of drug-likeness (QED) is 0.830. The van der Waals surface area contributed by atoms with Crippen molar-refractivity contribution >= 4 is 11.8 Å². The molecule has 19 heavy (non-hydrogen) atoms. The molecule has 0 saturated heterocycles. The number of benzene rings is 1. The van der Waals surface area contributed by atoms with E-state index in [-0.39, 0.29) is 24.0 Å². The Morgan fingerprint density at radius 2 is 1.95 bits per heavy atom. The maximum atomic E-state index is 11.7. The highest BCUT2D eigenvalue weighted by atomic mass is 16.3. The predicted molar refractivity (Wildman–Crippen MR) is 72.7 cm³/mol. The highest BCUT2D eigenvalue weighted by molar-refractivity contribution is 5.87. The van der Waals surface area contributed by atoms with E-state index in [0.717, 1.165) is 5.56 Å². The smallest absolute Gasteiger partial charge is 0.244 e. The van der Waals surface area contributed by atoms with Gasteiger partial charge in [0.05, 0.1) is 0 Å². The summed E-state index contributed by atoms with van der Waals surface area (Å²) >= 11 is 0. The van der Waals surface area contributed by atoms with Gasteiger partial charge in [0.25, 0.3) is 0 Å². The molecular formula is C14H20N2O3. The lowest BCUT2D eigenvalue weighted by Crippen LogP contribution is -2.44. The zero-order valence-electron chi connectivity index (χ0n) is 11.5. The molecule has 0 aliphatic carbocycles. The molecule has 0 aliphatic heterocycles. The number of aryl methyl sites for hydroxylation is 1. The summed E-state index contributed by atoms with van der Waals surface area (Å²) in [7, 11) is 3.29. The van der Waals surface area contributed by atoms with Gasteiger partial charge in [0.2, 0.25) is 11.8 Å². The van der Waals surface area contributed by atoms with E-state index in [1.54, 1.807) is 39.2 Å². The molecule has 1 atom stereocenters. The minimum atomic E-state index is -0.535. The van der Waals surface area contributed by atoms with Crippen molar-refractivity contribution in [1.29, 1.82) is 0 Å². The average molecular weight is 264 g/mol. The maximum absolute atomic E-state index is 11.7. The number of rotatable bonds is 5. The predicted octanol–water partition coefficient (Wildman–Crippen LogP) is 0.918. The zero-order valence-corrected chi connectivity index (χ0v) is 11.5. The van der Waals surface area contributed by atoms with Gasteiger partial charge in [0.15, 0.2) is 0 Å². The van der Waals surface area contributed by atoms with Crippen molar-refractivity contribution in [3.8, 4) is 5.75 Å². The van der Waals surface area contributed by atoms with Gasteiger partial charge in [-0.25, -0.2) is 0 Å². The molecule has 0 heterocycles. The van der Waals surface area contributed by atoms with E-state index in [1.165, 1.54) is 4.90 Å². The summed E-state index contributed by atoms with van der Waals surface area (Å²) in [5, 5.41) is 12.2. The summed E-state index contributed by atoms with van der Waals surface area (Å²) in [6, 6.07) is 6.37. The number of phenolic OH excluding ortho intramolecular Hbond substituents is 1. The first-order valence-corrected chi connectivity index (χ1v) is 6.19. The molecule has 0 saturated carbocycles. The Bertz CT molecular complexity index is 458. The van der Waals surface area contributed by atoms with Crippen LogP contribution < -0.4 is 5.32 Å². The molecular weight excluding hydrogens is 244 g/mol. The largest absolute Gasteiger partial charge is 0.508 e. The lowest BCUT2D eigenvalue weighted by molar-refractivity contribution is -0.133. The number of hydrogen-bond acceptors (Lipinski definition) is 3. The summed E-state index contributed by atoms with van der Waals surface area (Å²) in [6.45, 7) is 1.65. The van der Waals surface area contributed by atoms with Crippen molar-refractivity contribution in [3.05, 3.63) is 29.8 Å². The number of hydrogen-bond donors (Lipinski definition) is 2. The Labute approximate surface area is 113 Å². The van der Waals surface area contributed by atoms with Gasteiger partial charge in [-0.3, -0.25) is 9.59 Å². The van der Waals surface area contributed by atoms with Crippen molar-refractivity contribution < 1.29 is 14.7 Å². The molecule has 2 amide bonds. The van der Waals surface area contributed by atoms with Crippen LogP contribution in [0.25, 0.3) is 0 Å². The summed E-state index contributed by atoms with van der Waals surface area (Å²) in [6.07, 6.45) is 0.685. The molecule has 1 rings (SSSR count). The number of para-hydroxylation sites is 1. The minimum Gasteiger partial charge on any atom is -0.508 e. The summed E-state index contributed by atoms with van der Waals surface area (Å²) in [4.78, 5) is 24.7. The third-order valence-corrected chi connectivity index (χ3v) is 2.80. The van der Waals surface area contributed by atoms with E-state index in [0.29, 0.717) is 6.42 Å². The lowest BCUT2D eigenvalue weighted by Gasteiger charge is -2.18. The van der Waals surface area contributed by atoms with Crippen molar-refractivity contribution in [1.82, 2.24) is 10.2 Å². The molecule has 1 unspecified atom stereocenters. The number of nitrogens with zero attached hydrogens (tertiary/aromatic N) is 1. The van der Waals surface area contributed by atoms with Crippen LogP contribution in [-0.2, 0) is 16.0 Å². The lowest BCUT2D eigenvalue weighted by atomic mass is 10.1. The SMILES string of the molecule is CC(NC(=O)CCc1ccccc1O)C(=O)N(C)C. The molecule has 0 aliphatic rings. The topological polar surface area (TPSA) is 69.6 Å². The third-order valence-electron chi connectivity index (χ3n) is 2.80. The van der Waals surface area contributed by atoms with E-state index >= 15 is 0 Å². The molecule has 0 radical (unpaired) electrons. The van der Waals surface area contributed by atoms with Crippen LogP contribution >= 0.6 is 0 Å². The Balaban J connectivity index is 2.44. The highest BCUT2D eigenvalue weighted by Crippen LogP contribution is 2.17. The van der Waals surface area contributed by atoms with Crippen LogP contribution in [0, 0.1) is 0 Å². The van der Waals surface area contributed by atoms with Crippen molar-refractivity contribution in [3.63, 3.8) is 0 Å². The number of likely N-dealkylation sites (N-methyl/N-ethyl adjacent to an activating group) is 1. The second kappa shape index (κ2) is 6.78. The first-order valence-electron chi connectivity index (χ1n) is 6.19. The zero-order chi connectivity index (χ0) is 14.4. The number of nitrogens with one attached hydrogen (secondary N) is 1. The van der Waals surface area contributed by atoms with Gasteiger partial charge in [-0.15, -0.1) is 0 Å². The summed E-state index contributed by atoms with van der Waals surface area (Å²) < 4.78 is 0. The van der Waals surface area contributed by atoms with Crippen LogP contribution in [0.5, 0.6) is 5.75 Å². The Kier molecular flexibility index (Phi) is 5.36. The van der Waals surface area contributed by atoms with Crippen molar-refractivity contribution in [2.45, 2.75) is 25.8 Å². The molecule has 1 aromatic carbocycles. The highest BCUT2D eigenvalue weighted by Gasteiger charge is 2.17. The van der Waals surface area contributed by atoms with Crippen LogP contribution in [0.4, 0.5) is 0 Å². The van der Waals surface area contributed by atoms with Crippen LogP contribution in [0.2, 0.25) is 0 Å². The number of aromatic hydroxyl groups is 1. The third kappa shape index (κ3) is 4.62. The van der Waals surface area contributed by atoms with Crippen LogP contribution in [0.3, 0.4) is 0 Å². The molecule has 2 N–H and O–H groups in total. The van der Waals surface area contributed by atoms with E-state index in [4.69, 9.17) is 0 Å². The second-order valence-electron chi connectivity index (χ2n) is 4.65. The van der Waals surface area contributed by atoms with E-state index in [2.05, 4.69) is 5.32 Å². The first kappa shape index (κ1) is 15.0. The Morgan fingerprint density at radius 1 is 1.32 bits per heavy atom. The monoisotopic (exact) mass is 264 g/mol. The van der Waals surface area contributed by atoms with E-state index < -0.39 is 6.04 Å². The normalized spacial score (nSPS) is 11.7. The van der Waals surface area contributed by atoms with Crippen LogP contribution in [0.1, 0.15) is 18.9 Å². The maximum Gasteiger partial charge on any atom is 0.244 e. The summed E-state index contributed by atoms with van der Waals surface area (Å²) in [5.74, 6) is -0.158. The van der Waals surface area contributed by atoms with E-state index in [1.807, 2.05) is 6.07 Å². The van der Waals surface area contributed by atoms with Crippen molar-refractivity contribution in [2.75, 3.05) is 14.1 Å². The molecule has 0 spiro atoms. The molecule has 104 valence electrons. The fraction of sp³-hybridized carbons (Fsp3) is 0.429. The van der Waals surface area contributed by atoms with Gasteiger partial charge >= 0.3 is 0 Å². The Hall–Kier alpha value is -2.04. The molecule has 0 fully saturated rings. The molecule has 0 aromatic heterocycles. The van der Waals surface area contributed by atoms with Gasteiger partial charge in [-0.1, -0.05) is 18.2 Å². The fourth-order valence-corrected chi connectivity index (χ4v) is 1.73. The molecule has 1 aromatic rings. The number of carbonyl (C=O) groups is 2. The number of carbonyl (C=O) groups excluding carboxylic acids is 2. The molecule has 5 nitrogen and oxygen atoms in total. The van der Waals surface area contributed by atoms with Gasteiger partial charge < -0.3 is 15.3 Å². The van der Waals surface area contributed by atoms with Gasteiger partial charge in [0, 0.05) is 20.5 Å². The fourth-order valence-electron chi connectivity index (χ4n) is 1.73. The number of phenols is 1. The van der Waals surface area contributed by atoms with E-state index in [9.17, 15) is 14.7 Å². The van der Waals surface area contributed by atoms with Crippen LogP contribution in [-0.4, -0.2) is 42.0 Å². The summed E-state index contributed by atoms with van der Waals surface area (Å²) in [5.41, 5.74) is 0.726. The van der Waals surface area contributed by atoms with Gasteiger partial charge in [0.1, 0.15) is 11.8 Å². The van der Waals surface area contributed by atoms with Crippen LogP contribution in [0.15, 0.2) is 24.3 Å². The average Bonchev–Trinajstić information content (AvgIpc) is 2.36. The number of amides is 2. The standard InChI is InChI=1S/C14H20N2O3/c1-10(14(19)16(2)3)15-13(18)9-8-11-6-4-5-7-12(11)17/h4-7,10,17H,8-9H2,1-3H3,(H,15,18). The first-order chi connectivity index (χ1) is 8.91. The second-order valence-corrected chi connectivity index (χ2v) is 4.65. The minimum absolute atomic E-state index is 0.143. The Morgan fingerprint density at radius 3 is 2.53 bits per heavy atom.